The summed E-state index contributed by atoms with van der Waals surface area (Å²) in [5.41, 5.74) is 0.444. The third kappa shape index (κ3) is 3.13. The molecule has 0 radical (unpaired) electrons. The SMILES string of the molecule is CCC1CN(C(=O)c2cccc(Cl)n2)CCS1. The molecule has 92 valence electrons. The summed E-state index contributed by atoms with van der Waals surface area (Å²) in [4.78, 5) is 18.2. The number of carbonyl (C=O) groups excluding carboxylic acids is 1. The van der Waals surface area contributed by atoms with E-state index < -0.39 is 0 Å². The van der Waals surface area contributed by atoms with Gasteiger partial charge in [0.2, 0.25) is 0 Å². The molecule has 17 heavy (non-hydrogen) atoms. The van der Waals surface area contributed by atoms with Crippen LogP contribution >= 0.6 is 23.4 Å². The summed E-state index contributed by atoms with van der Waals surface area (Å²) in [6.07, 6.45) is 1.09. The molecule has 1 fully saturated rings. The molecule has 1 atom stereocenters. The van der Waals surface area contributed by atoms with E-state index in [1.54, 1.807) is 18.2 Å². The van der Waals surface area contributed by atoms with Crippen LogP contribution in [0, 0.1) is 0 Å². The molecule has 0 N–H and O–H groups in total. The van der Waals surface area contributed by atoms with Crippen LogP contribution in [0.2, 0.25) is 5.15 Å². The summed E-state index contributed by atoms with van der Waals surface area (Å²) in [5.74, 6) is 0.997. The minimum atomic E-state index is -0.00810. The molecule has 1 aromatic heterocycles. The van der Waals surface area contributed by atoms with Gasteiger partial charge in [0.05, 0.1) is 0 Å². The van der Waals surface area contributed by atoms with Crippen LogP contribution in [0.4, 0.5) is 0 Å². The Morgan fingerprint density at radius 3 is 3.18 bits per heavy atom. The summed E-state index contributed by atoms with van der Waals surface area (Å²) in [5, 5.41) is 0.918. The summed E-state index contributed by atoms with van der Waals surface area (Å²) in [7, 11) is 0. The number of halogens is 1. The van der Waals surface area contributed by atoms with Crippen LogP contribution in [0.25, 0.3) is 0 Å². The van der Waals surface area contributed by atoms with E-state index in [4.69, 9.17) is 11.6 Å². The van der Waals surface area contributed by atoms with E-state index in [0.717, 1.165) is 25.3 Å². The van der Waals surface area contributed by atoms with Crippen molar-refractivity contribution in [2.45, 2.75) is 18.6 Å². The second-order valence-electron chi connectivity index (χ2n) is 4.00. The number of aromatic nitrogens is 1. The molecule has 0 aromatic carbocycles. The van der Waals surface area contributed by atoms with Crippen molar-refractivity contribution >= 4 is 29.3 Å². The quantitative estimate of drug-likeness (QED) is 0.775. The Morgan fingerprint density at radius 2 is 2.47 bits per heavy atom. The lowest BCUT2D eigenvalue weighted by Gasteiger charge is -2.31. The predicted molar refractivity (Wildman–Crippen MR) is 71.7 cm³/mol. The number of pyridine rings is 1. The van der Waals surface area contributed by atoms with E-state index in [-0.39, 0.29) is 5.91 Å². The third-order valence-corrected chi connectivity index (χ3v) is 4.40. The van der Waals surface area contributed by atoms with Crippen molar-refractivity contribution in [3.63, 3.8) is 0 Å². The van der Waals surface area contributed by atoms with Gasteiger partial charge in [-0.2, -0.15) is 11.8 Å². The zero-order chi connectivity index (χ0) is 12.3. The number of hydrogen-bond acceptors (Lipinski definition) is 3. The molecule has 0 aliphatic carbocycles. The molecule has 1 aromatic rings. The van der Waals surface area contributed by atoms with Crippen molar-refractivity contribution < 1.29 is 4.79 Å². The molecule has 1 aliphatic rings. The van der Waals surface area contributed by atoms with Crippen molar-refractivity contribution in [1.82, 2.24) is 9.88 Å². The van der Waals surface area contributed by atoms with Gasteiger partial charge in [0.1, 0.15) is 10.8 Å². The minimum absolute atomic E-state index is 0.00810. The van der Waals surface area contributed by atoms with E-state index in [2.05, 4.69) is 11.9 Å². The van der Waals surface area contributed by atoms with Crippen LogP contribution in [-0.4, -0.2) is 39.9 Å². The van der Waals surface area contributed by atoms with Crippen LogP contribution in [-0.2, 0) is 0 Å². The molecule has 1 saturated heterocycles. The molecular formula is C12H15ClN2OS. The fourth-order valence-corrected chi connectivity index (χ4v) is 3.18. The smallest absolute Gasteiger partial charge is 0.272 e. The standard InChI is InChI=1S/C12H15ClN2OS/c1-2-9-8-15(6-7-17-9)12(16)10-4-3-5-11(13)14-10/h3-5,9H,2,6-8H2,1H3. The van der Waals surface area contributed by atoms with Crippen molar-refractivity contribution in [1.29, 1.82) is 0 Å². The normalized spacial score (nSPS) is 20.4. The molecule has 1 aliphatic heterocycles. The first-order chi connectivity index (χ1) is 8.20. The zero-order valence-electron chi connectivity index (χ0n) is 9.73. The Labute approximate surface area is 111 Å². The van der Waals surface area contributed by atoms with E-state index in [1.807, 2.05) is 16.7 Å². The fourth-order valence-electron chi connectivity index (χ4n) is 1.84. The van der Waals surface area contributed by atoms with Crippen molar-refractivity contribution in [3.8, 4) is 0 Å². The average Bonchev–Trinajstić information content (AvgIpc) is 2.38. The van der Waals surface area contributed by atoms with Crippen LogP contribution in [0.5, 0.6) is 0 Å². The van der Waals surface area contributed by atoms with Gasteiger partial charge in [-0.1, -0.05) is 24.6 Å². The van der Waals surface area contributed by atoms with Gasteiger partial charge in [0.25, 0.3) is 5.91 Å². The Morgan fingerprint density at radius 1 is 1.65 bits per heavy atom. The molecule has 0 saturated carbocycles. The maximum absolute atomic E-state index is 12.2. The minimum Gasteiger partial charge on any atom is -0.335 e. The van der Waals surface area contributed by atoms with E-state index in [0.29, 0.717) is 16.1 Å². The molecule has 2 rings (SSSR count). The fraction of sp³-hybridized carbons (Fsp3) is 0.500. The zero-order valence-corrected chi connectivity index (χ0v) is 11.3. The molecule has 2 heterocycles. The second-order valence-corrected chi connectivity index (χ2v) is 5.79. The maximum atomic E-state index is 12.2. The van der Waals surface area contributed by atoms with Crippen LogP contribution in [0.1, 0.15) is 23.8 Å². The van der Waals surface area contributed by atoms with Gasteiger partial charge in [-0.3, -0.25) is 4.79 Å². The Hall–Kier alpha value is -0.740. The first-order valence-electron chi connectivity index (χ1n) is 5.74. The molecule has 0 bridgehead atoms. The number of carbonyl (C=O) groups is 1. The van der Waals surface area contributed by atoms with E-state index in [9.17, 15) is 4.79 Å². The highest BCUT2D eigenvalue weighted by molar-refractivity contribution is 8.00. The monoisotopic (exact) mass is 270 g/mol. The molecule has 5 heteroatoms. The van der Waals surface area contributed by atoms with Crippen molar-refractivity contribution in [2.24, 2.45) is 0 Å². The Kier molecular flexibility index (Phi) is 4.29. The maximum Gasteiger partial charge on any atom is 0.272 e. The number of thioether (sulfide) groups is 1. The topological polar surface area (TPSA) is 33.2 Å². The number of rotatable bonds is 2. The van der Waals surface area contributed by atoms with Crippen molar-refractivity contribution in [2.75, 3.05) is 18.8 Å². The predicted octanol–water partition coefficient (Wildman–Crippen LogP) is 2.70. The summed E-state index contributed by atoms with van der Waals surface area (Å²) < 4.78 is 0. The second kappa shape index (κ2) is 5.74. The van der Waals surface area contributed by atoms with E-state index in [1.165, 1.54) is 0 Å². The lowest BCUT2D eigenvalue weighted by Crippen LogP contribution is -2.42. The molecule has 3 nitrogen and oxygen atoms in total. The number of hydrogen-bond donors (Lipinski definition) is 0. The first-order valence-corrected chi connectivity index (χ1v) is 7.17. The lowest BCUT2D eigenvalue weighted by molar-refractivity contribution is 0.0755. The highest BCUT2D eigenvalue weighted by atomic mass is 35.5. The van der Waals surface area contributed by atoms with Gasteiger partial charge >= 0.3 is 0 Å². The van der Waals surface area contributed by atoms with Gasteiger partial charge < -0.3 is 4.90 Å². The van der Waals surface area contributed by atoms with Crippen LogP contribution in [0.15, 0.2) is 18.2 Å². The summed E-state index contributed by atoms with van der Waals surface area (Å²) in [6.45, 7) is 3.77. The molecule has 0 spiro atoms. The van der Waals surface area contributed by atoms with Gasteiger partial charge in [0.15, 0.2) is 0 Å². The van der Waals surface area contributed by atoms with Crippen LogP contribution in [0.3, 0.4) is 0 Å². The molecular weight excluding hydrogens is 256 g/mol. The van der Waals surface area contributed by atoms with E-state index >= 15 is 0 Å². The highest BCUT2D eigenvalue weighted by Gasteiger charge is 2.24. The first kappa shape index (κ1) is 12.7. The average molecular weight is 271 g/mol. The van der Waals surface area contributed by atoms with Gasteiger partial charge in [-0.25, -0.2) is 4.98 Å². The summed E-state index contributed by atoms with van der Waals surface area (Å²) >= 11 is 7.74. The van der Waals surface area contributed by atoms with Crippen molar-refractivity contribution in [3.05, 3.63) is 29.0 Å². The lowest BCUT2D eigenvalue weighted by atomic mass is 10.2. The Balaban J connectivity index is 2.09. The van der Waals surface area contributed by atoms with Gasteiger partial charge in [-0.05, 0) is 18.6 Å². The Bertz CT molecular complexity index is 413. The number of amides is 1. The number of nitrogens with zero attached hydrogens (tertiary/aromatic N) is 2. The molecule has 1 unspecified atom stereocenters. The van der Waals surface area contributed by atoms with Crippen LogP contribution < -0.4 is 0 Å². The van der Waals surface area contributed by atoms with Gasteiger partial charge in [-0.15, -0.1) is 0 Å². The van der Waals surface area contributed by atoms with Gasteiger partial charge in [0, 0.05) is 24.1 Å². The highest BCUT2D eigenvalue weighted by Crippen LogP contribution is 2.22. The summed E-state index contributed by atoms with van der Waals surface area (Å²) in [6, 6.07) is 5.16. The molecule has 1 amide bonds. The third-order valence-electron chi connectivity index (χ3n) is 2.82. The largest absolute Gasteiger partial charge is 0.335 e.